The van der Waals surface area contributed by atoms with Crippen LogP contribution in [-0.4, -0.2) is 30.2 Å². The molecule has 0 spiro atoms. The van der Waals surface area contributed by atoms with Gasteiger partial charge in [-0.25, -0.2) is 4.79 Å². The normalized spacial score (nSPS) is 23.5. The Balaban J connectivity index is 1.80. The highest BCUT2D eigenvalue weighted by Gasteiger charge is 2.39. The molecule has 0 atom stereocenters. The summed E-state index contributed by atoms with van der Waals surface area (Å²) in [7, 11) is 0. The molecule has 5 nitrogen and oxygen atoms in total. The molecule has 0 heterocycles. The zero-order valence-corrected chi connectivity index (χ0v) is 13.0. The minimum absolute atomic E-state index is 0.229. The number of hydrogen-bond donors (Lipinski definition) is 3. The highest BCUT2D eigenvalue weighted by molar-refractivity contribution is 5.78. The molecule has 0 unspecified atom stereocenters. The lowest BCUT2D eigenvalue weighted by atomic mass is 9.70. The fourth-order valence-corrected chi connectivity index (χ4v) is 3.43. The van der Waals surface area contributed by atoms with Crippen molar-refractivity contribution in [1.82, 2.24) is 10.6 Å². The third kappa shape index (κ3) is 4.11. The van der Waals surface area contributed by atoms with Gasteiger partial charge < -0.3 is 15.7 Å². The van der Waals surface area contributed by atoms with Crippen molar-refractivity contribution in [2.24, 2.45) is 10.8 Å². The first kappa shape index (κ1) is 16.1. The number of amides is 2. The molecule has 5 heteroatoms. The van der Waals surface area contributed by atoms with Crippen LogP contribution in [0.1, 0.15) is 64.7 Å². The first-order valence-corrected chi connectivity index (χ1v) is 8.21. The molecular formula is C16H28N2O3. The maximum atomic E-state index is 11.9. The van der Waals surface area contributed by atoms with Crippen LogP contribution >= 0.6 is 0 Å². The van der Waals surface area contributed by atoms with Gasteiger partial charge in [0.25, 0.3) is 0 Å². The zero-order chi connectivity index (χ0) is 15.3. The lowest BCUT2D eigenvalue weighted by Gasteiger charge is -2.38. The van der Waals surface area contributed by atoms with E-state index in [1.54, 1.807) is 0 Å². The Labute approximate surface area is 126 Å². The average molecular weight is 296 g/mol. The Morgan fingerprint density at radius 2 is 1.48 bits per heavy atom. The standard InChI is InChI=1S/C16H28N2O3/c1-15(7-6-8-15)11-17-14(21)18-12-16(13(19)20)9-4-2-3-5-10-16/h2-12H2,1H3,(H,19,20)(H2,17,18,21). The van der Waals surface area contributed by atoms with Gasteiger partial charge in [0.1, 0.15) is 0 Å². The molecule has 0 aromatic heterocycles. The summed E-state index contributed by atoms with van der Waals surface area (Å²) in [5, 5.41) is 15.2. The van der Waals surface area contributed by atoms with Crippen LogP contribution in [0.4, 0.5) is 4.79 Å². The smallest absolute Gasteiger partial charge is 0.314 e. The van der Waals surface area contributed by atoms with E-state index < -0.39 is 11.4 Å². The van der Waals surface area contributed by atoms with Gasteiger partial charge in [0.15, 0.2) is 0 Å². The second kappa shape index (κ2) is 6.67. The van der Waals surface area contributed by atoms with E-state index in [-0.39, 0.29) is 18.0 Å². The molecule has 120 valence electrons. The maximum absolute atomic E-state index is 11.9. The van der Waals surface area contributed by atoms with Gasteiger partial charge in [0.2, 0.25) is 0 Å². The molecule has 2 aliphatic carbocycles. The summed E-state index contributed by atoms with van der Waals surface area (Å²) in [6.45, 7) is 3.10. The summed E-state index contributed by atoms with van der Waals surface area (Å²) >= 11 is 0. The molecule has 2 amide bonds. The molecule has 0 bridgehead atoms. The van der Waals surface area contributed by atoms with E-state index in [9.17, 15) is 14.7 Å². The SMILES string of the molecule is CC1(CNC(=O)NCC2(C(=O)O)CCCCCC2)CCC1. The zero-order valence-electron chi connectivity index (χ0n) is 13.0. The predicted octanol–water partition coefficient (Wildman–Crippen LogP) is 2.90. The summed E-state index contributed by atoms with van der Waals surface area (Å²) in [5.74, 6) is -0.768. The third-order valence-electron chi connectivity index (χ3n) is 5.34. The lowest BCUT2D eigenvalue weighted by Crippen LogP contribution is -2.48. The Hall–Kier alpha value is -1.26. The monoisotopic (exact) mass is 296 g/mol. The van der Waals surface area contributed by atoms with Crippen LogP contribution in [0.15, 0.2) is 0 Å². The van der Waals surface area contributed by atoms with Crippen molar-refractivity contribution >= 4 is 12.0 Å². The van der Waals surface area contributed by atoms with Crippen molar-refractivity contribution in [3.8, 4) is 0 Å². The van der Waals surface area contributed by atoms with E-state index in [0.717, 1.165) is 38.5 Å². The van der Waals surface area contributed by atoms with E-state index in [2.05, 4.69) is 17.6 Å². The van der Waals surface area contributed by atoms with E-state index in [4.69, 9.17) is 0 Å². The molecule has 2 aliphatic rings. The molecule has 0 saturated heterocycles. The first-order chi connectivity index (χ1) is 9.96. The first-order valence-electron chi connectivity index (χ1n) is 8.21. The van der Waals surface area contributed by atoms with Gasteiger partial charge in [-0.1, -0.05) is 39.0 Å². The summed E-state index contributed by atoms with van der Waals surface area (Å²) in [4.78, 5) is 23.6. The molecular weight excluding hydrogens is 268 g/mol. The molecule has 2 rings (SSSR count). The van der Waals surface area contributed by atoms with E-state index in [0.29, 0.717) is 19.4 Å². The van der Waals surface area contributed by atoms with Crippen molar-refractivity contribution < 1.29 is 14.7 Å². The van der Waals surface area contributed by atoms with E-state index >= 15 is 0 Å². The fraction of sp³-hybridized carbons (Fsp3) is 0.875. The number of urea groups is 1. The van der Waals surface area contributed by atoms with Crippen molar-refractivity contribution in [2.75, 3.05) is 13.1 Å². The summed E-state index contributed by atoms with van der Waals surface area (Å²) in [6, 6.07) is -0.229. The second-order valence-electron chi connectivity index (χ2n) is 7.20. The Morgan fingerprint density at radius 3 is 1.95 bits per heavy atom. The molecule has 2 fully saturated rings. The number of aliphatic carboxylic acids is 1. The van der Waals surface area contributed by atoms with Crippen LogP contribution in [0, 0.1) is 10.8 Å². The topological polar surface area (TPSA) is 78.4 Å². The number of carboxylic acid groups (broad SMARTS) is 1. The van der Waals surface area contributed by atoms with Gasteiger partial charge >= 0.3 is 12.0 Å². The molecule has 0 aromatic carbocycles. The Bertz CT molecular complexity index is 383. The number of hydrogen-bond acceptors (Lipinski definition) is 2. The van der Waals surface area contributed by atoms with Gasteiger partial charge in [0.05, 0.1) is 5.41 Å². The lowest BCUT2D eigenvalue weighted by molar-refractivity contribution is -0.149. The van der Waals surface area contributed by atoms with Gasteiger partial charge in [-0.15, -0.1) is 0 Å². The van der Waals surface area contributed by atoms with Crippen molar-refractivity contribution in [2.45, 2.75) is 64.7 Å². The molecule has 0 aliphatic heterocycles. The van der Waals surface area contributed by atoms with Gasteiger partial charge in [-0.2, -0.15) is 0 Å². The number of carbonyl (C=O) groups is 2. The number of nitrogens with one attached hydrogen (secondary N) is 2. The van der Waals surface area contributed by atoms with Crippen molar-refractivity contribution in [1.29, 1.82) is 0 Å². The van der Waals surface area contributed by atoms with Gasteiger partial charge in [-0.3, -0.25) is 4.79 Å². The van der Waals surface area contributed by atoms with Crippen LogP contribution in [0.5, 0.6) is 0 Å². The predicted molar refractivity (Wildman–Crippen MR) is 81.1 cm³/mol. The highest BCUT2D eigenvalue weighted by atomic mass is 16.4. The van der Waals surface area contributed by atoms with Crippen molar-refractivity contribution in [3.63, 3.8) is 0 Å². The van der Waals surface area contributed by atoms with Gasteiger partial charge in [0, 0.05) is 13.1 Å². The minimum atomic E-state index is -0.770. The van der Waals surface area contributed by atoms with Crippen LogP contribution in [0.3, 0.4) is 0 Å². The average Bonchev–Trinajstić information content (AvgIpc) is 2.67. The Morgan fingerprint density at radius 1 is 0.905 bits per heavy atom. The second-order valence-corrected chi connectivity index (χ2v) is 7.20. The Kier molecular flexibility index (Phi) is 5.12. The molecule has 3 N–H and O–H groups in total. The largest absolute Gasteiger partial charge is 0.481 e. The van der Waals surface area contributed by atoms with Crippen LogP contribution in [-0.2, 0) is 4.79 Å². The quantitative estimate of drug-likeness (QED) is 0.683. The van der Waals surface area contributed by atoms with Crippen LogP contribution in [0.25, 0.3) is 0 Å². The van der Waals surface area contributed by atoms with E-state index in [1.165, 1.54) is 6.42 Å². The van der Waals surface area contributed by atoms with Crippen LogP contribution in [0.2, 0.25) is 0 Å². The number of carbonyl (C=O) groups excluding carboxylic acids is 1. The maximum Gasteiger partial charge on any atom is 0.314 e. The summed E-state index contributed by atoms with van der Waals surface area (Å²) in [5.41, 5.74) is -0.529. The summed E-state index contributed by atoms with van der Waals surface area (Å²) in [6.07, 6.45) is 8.96. The summed E-state index contributed by atoms with van der Waals surface area (Å²) < 4.78 is 0. The molecule has 21 heavy (non-hydrogen) atoms. The van der Waals surface area contributed by atoms with Crippen LogP contribution < -0.4 is 10.6 Å². The third-order valence-corrected chi connectivity index (χ3v) is 5.34. The minimum Gasteiger partial charge on any atom is -0.481 e. The molecule has 2 saturated carbocycles. The van der Waals surface area contributed by atoms with Crippen molar-refractivity contribution in [3.05, 3.63) is 0 Å². The number of rotatable bonds is 5. The number of carboxylic acids is 1. The molecule has 0 aromatic rings. The van der Waals surface area contributed by atoms with Gasteiger partial charge in [-0.05, 0) is 31.1 Å². The highest BCUT2D eigenvalue weighted by Crippen LogP contribution is 2.39. The molecule has 0 radical (unpaired) electrons. The van der Waals surface area contributed by atoms with E-state index in [1.807, 2.05) is 0 Å². The fourth-order valence-electron chi connectivity index (χ4n) is 3.43.